The lowest BCUT2D eigenvalue weighted by Crippen LogP contribution is -2.52. The average molecular weight is 361 g/mol. The first kappa shape index (κ1) is 18.8. The molecule has 1 aliphatic carbocycles. The Labute approximate surface area is 154 Å². The third kappa shape index (κ3) is 5.04. The van der Waals surface area contributed by atoms with Crippen molar-refractivity contribution >= 4 is 11.8 Å². The maximum absolute atomic E-state index is 13.0. The molecule has 5 nitrogen and oxygen atoms in total. The second kappa shape index (κ2) is 8.62. The van der Waals surface area contributed by atoms with Crippen molar-refractivity contribution in [1.29, 1.82) is 0 Å². The molecule has 0 unspecified atom stereocenters. The summed E-state index contributed by atoms with van der Waals surface area (Å²) in [4.78, 5) is 28.6. The number of nitrogens with one attached hydrogen (secondary N) is 1. The standard InChI is InChI=1S/C20H28FN3O2/c1-15-2-8-18(9-3-15)22-19(25)14-23-10-12-24(13-11-23)20(26)16-4-6-17(21)7-5-16/h4-7,15,18H,2-3,8-14H2,1H3,(H,22,25). The summed E-state index contributed by atoms with van der Waals surface area (Å²) in [5.74, 6) is 0.438. The Morgan fingerprint density at radius 1 is 1.04 bits per heavy atom. The van der Waals surface area contributed by atoms with Gasteiger partial charge in [-0.1, -0.05) is 6.92 Å². The average Bonchev–Trinajstić information content (AvgIpc) is 2.64. The fraction of sp³-hybridized carbons (Fsp3) is 0.600. The first-order valence-electron chi connectivity index (χ1n) is 9.58. The molecule has 3 rings (SSSR count). The van der Waals surface area contributed by atoms with Crippen molar-refractivity contribution in [3.63, 3.8) is 0 Å². The lowest BCUT2D eigenvalue weighted by Gasteiger charge is -2.35. The van der Waals surface area contributed by atoms with E-state index >= 15 is 0 Å². The summed E-state index contributed by atoms with van der Waals surface area (Å²) in [7, 11) is 0. The maximum atomic E-state index is 13.0. The third-order valence-electron chi connectivity index (χ3n) is 5.50. The lowest BCUT2D eigenvalue weighted by molar-refractivity contribution is -0.123. The number of carbonyl (C=O) groups excluding carboxylic acids is 2. The minimum absolute atomic E-state index is 0.0783. The van der Waals surface area contributed by atoms with Gasteiger partial charge in [0.25, 0.3) is 5.91 Å². The van der Waals surface area contributed by atoms with Gasteiger partial charge in [0.1, 0.15) is 5.82 Å². The van der Waals surface area contributed by atoms with Gasteiger partial charge in [-0.25, -0.2) is 4.39 Å². The Morgan fingerprint density at radius 2 is 1.65 bits per heavy atom. The van der Waals surface area contributed by atoms with Gasteiger partial charge in [0, 0.05) is 37.8 Å². The Balaban J connectivity index is 1.41. The first-order valence-corrected chi connectivity index (χ1v) is 9.58. The SMILES string of the molecule is CC1CCC(NC(=O)CN2CCN(C(=O)c3ccc(F)cc3)CC2)CC1. The second-order valence-electron chi connectivity index (χ2n) is 7.60. The molecule has 1 N–H and O–H groups in total. The normalized spacial score (nSPS) is 24.3. The molecule has 2 amide bonds. The van der Waals surface area contributed by atoms with Crippen molar-refractivity contribution < 1.29 is 14.0 Å². The molecule has 1 saturated carbocycles. The molecule has 2 aliphatic rings. The van der Waals surface area contributed by atoms with Crippen LogP contribution >= 0.6 is 0 Å². The predicted octanol–water partition coefficient (Wildman–Crippen LogP) is 2.28. The molecule has 2 fully saturated rings. The van der Waals surface area contributed by atoms with Crippen molar-refractivity contribution in [2.75, 3.05) is 32.7 Å². The lowest BCUT2D eigenvalue weighted by atomic mass is 9.87. The van der Waals surface area contributed by atoms with Crippen LogP contribution in [0.15, 0.2) is 24.3 Å². The summed E-state index contributed by atoms with van der Waals surface area (Å²) >= 11 is 0. The number of hydrogen-bond acceptors (Lipinski definition) is 3. The fourth-order valence-corrected chi connectivity index (χ4v) is 3.76. The number of hydrogen-bond donors (Lipinski definition) is 1. The first-order chi connectivity index (χ1) is 12.5. The van der Waals surface area contributed by atoms with Gasteiger partial charge in [0.05, 0.1) is 6.54 Å². The molecule has 26 heavy (non-hydrogen) atoms. The molecule has 0 bridgehead atoms. The van der Waals surface area contributed by atoms with Crippen LogP contribution in [0.25, 0.3) is 0 Å². The number of amides is 2. The summed E-state index contributed by atoms with van der Waals surface area (Å²) in [6.45, 7) is 5.20. The largest absolute Gasteiger partial charge is 0.352 e. The molecule has 0 aromatic heterocycles. The molecular formula is C20H28FN3O2. The number of halogens is 1. The smallest absolute Gasteiger partial charge is 0.253 e. The summed E-state index contributed by atoms with van der Waals surface area (Å²) in [5, 5.41) is 3.16. The van der Waals surface area contributed by atoms with Gasteiger partial charge in [0.2, 0.25) is 5.91 Å². The van der Waals surface area contributed by atoms with E-state index in [0.717, 1.165) is 18.8 Å². The highest BCUT2D eigenvalue weighted by molar-refractivity contribution is 5.94. The highest BCUT2D eigenvalue weighted by Gasteiger charge is 2.25. The molecule has 142 valence electrons. The quantitative estimate of drug-likeness (QED) is 0.895. The topological polar surface area (TPSA) is 52.7 Å². The zero-order valence-electron chi connectivity index (χ0n) is 15.4. The van der Waals surface area contributed by atoms with Gasteiger partial charge in [-0.2, -0.15) is 0 Å². The molecule has 0 atom stereocenters. The minimum Gasteiger partial charge on any atom is -0.352 e. The minimum atomic E-state index is -0.343. The van der Waals surface area contributed by atoms with E-state index in [-0.39, 0.29) is 17.6 Å². The van der Waals surface area contributed by atoms with Crippen LogP contribution < -0.4 is 5.32 Å². The van der Waals surface area contributed by atoms with Crippen LogP contribution in [0.1, 0.15) is 43.0 Å². The Morgan fingerprint density at radius 3 is 2.27 bits per heavy atom. The number of rotatable bonds is 4. The molecule has 6 heteroatoms. The Kier molecular flexibility index (Phi) is 6.25. The molecular weight excluding hydrogens is 333 g/mol. The number of benzene rings is 1. The molecule has 1 saturated heterocycles. The number of nitrogens with zero attached hydrogens (tertiary/aromatic N) is 2. The van der Waals surface area contributed by atoms with E-state index < -0.39 is 0 Å². The molecule has 0 radical (unpaired) electrons. The number of piperazine rings is 1. The third-order valence-corrected chi connectivity index (χ3v) is 5.50. The van der Waals surface area contributed by atoms with E-state index in [0.29, 0.717) is 44.3 Å². The van der Waals surface area contributed by atoms with E-state index in [1.54, 1.807) is 4.90 Å². The maximum Gasteiger partial charge on any atom is 0.253 e. The van der Waals surface area contributed by atoms with E-state index in [1.807, 2.05) is 0 Å². The van der Waals surface area contributed by atoms with Crippen LogP contribution in [-0.2, 0) is 4.79 Å². The Bertz CT molecular complexity index is 618. The zero-order valence-corrected chi connectivity index (χ0v) is 15.4. The van der Waals surface area contributed by atoms with Gasteiger partial charge < -0.3 is 10.2 Å². The monoisotopic (exact) mass is 361 g/mol. The number of carbonyl (C=O) groups is 2. The summed E-state index contributed by atoms with van der Waals surface area (Å²) in [6.07, 6.45) is 4.53. The highest BCUT2D eigenvalue weighted by Crippen LogP contribution is 2.23. The second-order valence-corrected chi connectivity index (χ2v) is 7.60. The molecule has 1 aromatic carbocycles. The van der Waals surface area contributed by atoms with Gasteiger partial charge in [-0.3, -0.25) is 14.5 Å². The van der Waals surface area contributed by atoms with E-state index in [1.165, 1.54) is 37.1 Å². The van der Waals surface area contributed by atoms with Crippen molar-refractivity contribution in [3.8, 4) is 0 Å². The fourth-order valence-electron chi connectivity index (χ4n) is 3.76. The molecule has 1 heterocycles. The highest BCUT2D eigenvalue weighted by atomic mass is 19.1. The summed E-state index contributed by atoms with van der Waals surface area (Å²) < 4.78 is 13.0. The summed E-state index contributed by atoms with van der Waals surface area (Å²) in [5.41, 5.74) is 0.504. The van der Waals surface area contributed by atoms with Crippen LogP contribution in [-0.4, -0.2) is 60.4 Å². The van der Waals surface area contributed by atoms with Crippen LogP contribution in [0.2, 0.25) is 0 Å². The predicted molar refractivity (Wildman–Crippen MR) is 98.3 cm³/mol. The van der Waals surface area contributed by atoms with E-state index in [2.05, 4.69) is 17.1 Å². The van der Waals surface area contributed by atoms with Crippen LogP contribution in [0.5, 0.6) is 0 Å². The zero-order chi connectivity index (χ0) is 18.5. The summed E-state index contributed by atoms with van der Waals surface area (Å²) in [6, 6.07) is 5.96. The van der Waals surface area contributed by atoms with Crippen LogP contribution in [0.3, 0.4) is 0 Å². The Hall–Kier alpha value is -1.95. The van der Waals surface area contributed by atoms with E-state index in [9.17, 15) is 14.0 Å². The van der Waals surface area contributed by atoms with Crippen molar-refractivity contribution in [2.24, 2.45) is 5.92 Å². The van der Waals surface area contributed by atoms with Gasteiger partial charge in [0.15, 0.2) is 0 Å². The van der Waals surface area contributed by atoms with Crippen LogP contribution in [0, 0.1) is 11.7 Å². The van der Waals surface area contributed by atoms with Crippen molar-refractivity contribution in [3.05, 3.63) is 35.6 Å². The van der Waals surface area contributed by atoms with Gasteiger partial charge >= 0.3 is 0 Å². The van der Waals surface area contributed by atoms with E-state index in [4.69, 9.17) is 0 Å². The van der Waals surface area contributed by atoms with Gasteiger partial charge in [-0.05, 0) is 55.9 Å². The van der Waals surface area contributed by atoms with Gasteiger partial charge in [-0.15, -0.1) is 0 Å². The molecule has 1 aromatic rings. The molecule has 0 spiro atoms. The molecule has 1 aliphatic heterocycles. The van der Waals surface area contributed by atoms with Crippen molar-refractivity contribution in [1.82, 2.24) is 15.1 Å². The van der Waals surface area contributed by atoms with Crippen molar-refractivity contribution in [2.45, 2.75) is 38.6 Å². The van der Waals surface area contributed by atoms with Crippen LogP contribution in [0.4, 0.5) is 4.39 Å².